The maximum absolute atomic E-state index is 10.4. The summed E-state index contributed by atoms with van der Waals surface area (Å²) in [6.45, 7) is 1.55. The molecule has 13 heavy (non-hydrogen) atoms. The van der Waals surface area contributed by atoms with E-state index in [1.165, 1.54) is 18.2 Å². The average Bonchev–Trinajstić information content (AvgIpc) is 2.03. The fourth-order valence-electron chi connectivity index (χ4n) is 1.04. The summed E-state index contributed by atoms with van der Waals surface area (Å²) >= 11 is 0. The summed E-state index contributed by atoms with van der Waals surface area (Å²) in [5, 5.41) is 27.9. The van der Waals surface area contributed by atoms with Crippen molar-refractivity contribution in [3.63, 3.8) is 0 Å². The third-order valence-corrected chi connectivity index (χ3v) is 1.72. The van der Waals surface area contributed by atoms with E-state index in [1.807, 2.05) is 0 Å². The molecule has 0 spiro atoms. The van der Waals surface area contributed by atoms with Crippen molar-refractivity contribution in [2.75, 3.05) is 0 Å². The minimum atomic E-state index is -1.58. The number of hydrogen-bond donors (Lipinski definition) is 2. The first-order valence-corrected chi connectivity index (χ1v) is 3.63. The van der Waals surface area contributed by atoms with E-state index in [0.29, 0.717) is 5.56 Å². The van der Waals surface area contributed by atoms with Gasteiger partial charge in [0.2, 0.25) is 0 Å². The molecule has 0 aliphatic carbocycles. The van der Waals surface area contributed by atoms with Crippen LogP contribution in [0.4, 0.5) is 5.69 Å². The number of nitrogens with zero attached hydrogens (tertiary/aromatic N) is 1. The molecule has 1 aromatic carbocycles. The maximum Gasteiger partial charge on any atom is 0.488 e. The SMILES string of the molecule is Cc1cc(B(O)O)ccc1[N+](=O)[O-]. The van der Waals surface area contributed by atoms with Crippen LogP contribution in [0.15, 0.2) is 18.2 Å². The summed E-state index contributed by atoms with van der Waals surface area (Å²) in [6.07, 6.45) is 0. The van der Waals surface area contributed by atoms with Crippen LogP contribution in [-0.4, -0.2) is 22.1 Å². The monoisotopic (exact) mass is 181 g/mol. The Balaban J connectivity index is 3.13. The smallest absolute Gasteiger partial charge is 0.423 e. The lowest BCUT2D eigenvalue weighted by Crippen LogP contribution is -2.29. The van der Waals surface area contributed by atoms with Crippen molar-refractivity contribution in [1.82, 2.24) is 0 Å². The van der Waals surface area contributed by atoms with Crippen molar-refractivity contribution in [3.8, 4) is 0 Å². The Morgan fingerprint density at radius 2 is 2.08 bits per heavy atom. The topological polar surface area (TPSA) is 83.6 Å². The molecule has 0 radical (unpaired) electrons. The first kappa shape index (κ1) is 9.69. The Bertz CT molecular complexity index is 339. The molecule has 6 heteroatoms. The summed E-state index contributed by atoms with van der Waals surface area (Å²) in [5.74, 6) is 0. The zero-order valence-electron chi connectivity index (χ0n) is 6.97. The van der Waals surface area contributed by atoms with Gasteiger partial charge < -0.3 is 10.0 Å². The number of nitro groups is 1. The van der Waals surface area contributed by atoms with Crippen molar-refractivity contribution in [2.24, 2.45) is 0 Å². The van der Waals surface area contributed by atoms with Gasteiger partial charge in [-0.05, 0) is 12.4 Å². The summed E-state index contributed by atoms with van der Waals surface area (Å²) < 4.78 is 0. The second-order valence-electron chi connectivity index (χ2n) is 2.68. The number of hydrogen-bond acceptors (Lipinski definition) is 4. The predicted octanol–water partition coefficient (Wildman–Crippen LogP) is -0.417. The standard InChI is InChI=1S/C7H8BNO4/c1-5-4-6(8(10)11)2-3-7(5)9(12)13/h2-4,10-11H,1H3. The molecular weight excluding hydrogens is 173 g/mol. The molecule has 0 atom stereocenters. The van der Waals surface area contributed by atoms with Crippen molar-refractivity contribution < 1.29 is 15.0 Å². The van der Waals surface area contributed by atoms with E-state index in [1.54, 1.807) is 6.92 Å². The van der Waals surface area contributed by atoms with Crippen molar-refractivity contribution in [1.29, 1.82) is 0 Å². The summed E-state index contributed by atoms with van der Waals surface area (Å²) in [6, 6.07) is 3.95. The molecule has 0 aliphatic heterocycles. The Hall–Kier alpha value is -1.40. The molecular formula is C7H8BNO4. The third-order valence-electron chi connectivity index (χ3n) is 1.72. The highest BCUT2D eigenvalue weighted by molar-refractivity contribution is 6.58. The van der Waals surface area contributed by atoms with E-state index < -0.39 is 12.0 Å². The van der Waals surface area contributed by atoms with Gasteiger partial charge in [-0.1, -0.05) is 12.1 Å². The summed E-state index contributed by atoms with van der Waals surface area (Å²) in [7, 11) is -1.58. The highest BCUT2D eigenvalue weighted by Crippen LogP contribution is 2.14. The largest absolute Gasteiger partial charge is 0.488 e. The number of nitro benzene ring substituents is 1. The highest BCUT2D eigenvalue weighted by atomic mass is 16.6. The summed E-state index contributed by atoms with van der Waals surface area (Å²) in [5.41, 5.74) is 0.642. The Morgan fingerprint density at radius 3 is 2.46 bits per heavy atom. The first-order valence-electron chi connectivity index (χ1n) is 3.63. The van der Waals surface area contributed by atoms with E-state index in [9.17, 15) is 10.1 Å². The van der Waals surface area contributed by atoms with Gasteiger partial charge in [0.05, 0.1) is 4.92 Å². The predicted molar refractivity (Wildman–Crippen MR) is 47.7 cm³/mol. The van der Waals surface area contributed by atoms with Gasteiger partial charge in [0.1, 0.15) is 0 Å². The number of benzene rings is 1. The molecule has 0 aliphatic rings. The van der Waals surface area contributed by atoms with Crippen LogP contribution < -0.4 is 5.46 Å². The molecule has 1 rings (SSSR count). The van der Waals surface area contributed by atoms with Crippen LogP contribution in [0.2, 0.25) is 0 Å². The lowest BCUT2D eigenvalue weighted by atomic mass is 9.79. The zero-order valence-corrected chi connectivity index (χ0v) is 6.97. The van der Waals surface area contributed by atoms with Gasteiger partial charge in [-0.25, -0.2) is 0 Å². The lowest BCUT2D eigenvalue weighted by molar-refractivity contribution is -0.385. The molecule has 0 saturated heterocycles. The lowest BCUT2D eigenvalue weighted by Gasteiger charge is -2.01. The van der Waals surface area contributed by atoms with Gasteiger partial charge in [-0.15, -0.1) is 0 Å². The Kier molecular flexibility index (Phi) is 2.65. The Labute approximate surface area is 74.9 Å². The van der Waals surface area contributed by atoms with E-state index in [2.05, 4.69) is 0 Å². The number of rotatable bonds is 2. The van der Waals surface area contributed by atoms with E-state index in [-0.39, 0.29) is 11.2 Å². The quantitative estimate of drug-likeness (QED) is 0.368. The van der Waals surface area contributed by atoms with Gasteiger partial charge in [0.15, 0.2) is 0 Å². The van der Waals surface area contributed by atoms with Crippen LogP contribution in [0.25, 0.3) is 0 Å². The van der Waals surface area contributed by atoms with Crippen molar-refractivity contribution in [3.05, 3.63) is 33.9 Å². The molecule has 68 valence electrons. The molecule has 2 N–H and O–H groups in total. The maximum atomic E-state index is 10.4. The fraction of sp³-hybridized carbons (Fsp3) is 0.143. The van der Waals surface area contributed by atoms with Gasteiger partial charge >= 0.3 is 7.12 Å². The molecule has 0 aromatic heterocycles. The minimum Gasteiger partial charge on any atom is -0.423 e. The molecule has 0 amide bonds. The summed E-state index contributed by atoms with van der Waals surface area (Å²) in [4.78, 5) is 9.87. The van der Waals surface area contributed by atoms with Gasteiger partial charge in [0.25, 0.3) is 5.69 Å². The van der Waals surface area contributed by atoms with E-state index in [4.69, 9.17) is 10.0 Å². The highest BCUT2D eigenvalue weighted by Gasteiger charge is 2.15. The molecule has 0 fully saturated rings. The average molecular weight is 181 g/mol. The molecule has 1 aromatic rings. The van der Waals surface area contributed by atoms with E-state index >= 15 is 0 Å². The van der Waals surface area contributed by atoms with Crippen LogP contribution in [0.3, 0.4) is 0 Å². The molecule has 0 bridgehead atoms. The van der Waals surface area contributed by atoms with Crippen molar-refractivity contribution >= 4 is 18.3 Å². The number of aryl methyl sites for hydroxylation is 1. The molecule has 0 unspecified atom stereocenters. The normalized spacial score (nSPS) is 9.77. The molecule has 5 nitrogen and oxygen atoms in total. The minimum absolute atomic E-state index is 0.0237. The van der Waals surface area contributed by atoms with Crippen LogP contribution >= 0.6 is 0 Å². The van der Waals surface area contributed by atoms with Crippen LogP contribution in [0, 0.1) is 17.0 Å². The first-order chi connectivity index (χ1) is 6.02. The van der Waals surface area contributed by atoms with Crippen LogP contribution in [-0.2, 0) is 0 Å². The second kappa shape index (κ2) is 3.55. The Morgan fingerprint density at radius 1 is 1.46 bits per heavy atom. The fourth-order valence-corrected chi connectivity index (χ4v) is 1.04. The van der Waals surface area contributed by atoms with Gasteiger partial charge in [-0.3, -0.25) is 10.1 Å². The zero-order chi connectivity index (χ0) is 10.0. The second-order valence-corrected chi connectivity index (χ2v) is 2.68. The molecule has 0 heterocycles. The molecule has 0 saturated carbocycles. The van der Waals surface area contributed by atoms with Crippen LogP contribution in [0.5, 0.6) is 0 Å². The third kappa shape index (κ3) is 2.04. The van der Waals surface area contributed by atoms with Crippen LogP contribution in [0.1, 0.15) is 5.56 Å². The van der Waals surface area contributed by atoms with E-state index in [0.717, 1.165) is 0 Å². The van der Waals surface area contributed by atoms with Gasteiger partial charge in [0, 0.05) is 11.6 Å². The van der Waals surface area contributed by atoms with Crippen molar-refractivity contribution in [2.45, 2.75) is 6.92 Å². The van der Waals surface area contributed by atoms with Gasteiger partial charge in [-0.2, -0.15) is 0 Å².